The highest BCUT2D eigenvalue weighted by Gasteiger charge is 2.25. The van der Waals surface area contributed by atoms with Crippen molar-refractivity contribution in [3.63, 3.8) is 0 Å². The van der Waals surface area contributed by atoms with Crippen molar-refractivity contribution in [3.8, 4) is 10.6 Å². The summed E-state index contributed by atoms with van der Waals surface area (Å²) >= 11 is 7.31. The Hall–Kier alpha value is -2.28. The summed E-state index contributed by atoms with van der Waals surface area (Å²) in [6.07, 6.45) is 1.72. The van der Waals surface area contributed by atoms with Crippen LogP contribution >= 0.6 is 22.9 Å². The number of rotatable bonds is 5. The lowest BCUT2D eigenvalue weighted by atomic mass is 9.95. The minimum atomic E-state index is 0.0200. The van der Waals surface area contributed by atoms with Crippen molar-refractivity contribution in [2.24, 2.45) is 5.92 Å². The highest BCUT2D eigenvalue weighted by atomic mass is 35.5. The van der Waals surface area contributed by atoms with Crippen molar-refractivity contribution < 1.29 is 4.79 Å². The van der Waals surface area contributed by atoms with Gasteiger partial charge >= 0.3 is 0 Å². The van der Waals surface area contributed by atoms with Crippen LogP contribution in [0.2, 0.25) is 5.02 Å². The van der Waals surface area contributed by atoms with E-state index in [1.54, 1.807) is 0 Å². The number of nitrogens with zero attached hydrogens (tertiary/aromatic N) is 3. The number of piperidine rings is 1. The van der Waals surface area contributed by atoms with Crippen LogP contribution in [-0.2, 0) is 11.3 Å². The molecule has 1 aliphatic rings. The van der Waals surface area contributed by atoms with E-state index in [4.69, 9.17) is 11.6 Å². The fourth-order valence-corrected chi connectivity index (χ4v) is 4.49. The molecule has 1 saturated heterocycles. The molecule has 1 aliphatic heterocycles. The maximum Gasteiger partial charge on any atom is 0.229 e. The Morgan fingerprint density at radius 3 is 2.66 bits per heavy atom. The summed E-state index contributed by atoms with van der Waals surface area (Å²) in [5.41, 5.74) is 3.56. The van der Waals surface area contributed by atoms with Crippen LogP contribution in [0.1, 0.15) is 24.0 Å². The number of aryl methyl sites for hydroxylation is 1. The van der Waals surface area contributed by atoms with Crippen molar-refractivity contribution in [3.05, 3.63) is 64.7 Å². The van der Waals surface area contributed by atoms with E-state index in [1.807, 2.05) is 24.3 Å². The molecule has 0 bridgehead atoms. The molecule has 29 heavy (non-hydrogen) atoms. The van der Waals surface area contributed by atoms with Gasteiger partial charge in [0.15, 0.2) is 0 Å². The molecule has 0 unspecified atom stereocenters. The molecule has 7 heteroatoms. The lowest BCUT2D eigenvalue weighted by molar-refractivity contribution is -0.121. The van der Waals surface area contributed by atoms with Gasteiger partial charge in [0.2, 0.25) is 11.0 Å². The van der Waals surface area contributed by atoms with Crippen LogP contribution < -0.4 is 5.32 Å². The molecule has 0 aliphatic carbocycles. The zero-order chi connectivity index (χ0) is 20.2. The molecule has 2 heterocycles. The van der Waals surface area contributed by atoms with Crippen molar-refractivity contribution in [2.45, 2.75) is 26.3 Å². The van der Waals surface area contributed by atoms with Gasteiger partial charge in [0.25, 0.3) is 0 Å². The number of nitrogens with one attached hydrogen (secondary N) is 1. The lowest BCUT2D eigenvalue weighted by Gasteiger charge is -2.31. The van der Waals surface area contributed by atoms with Crippen LogP contribution in [0.15, 0.2) is 48.5 Å². The molecular formula is C22H23ClN4OS. The van der Waals surface area contributed by atoms with Crippen molar-refractivity contribution >= 4 is 34.0 Å². The van der Waals surface area contributed by atoms with Crippen molar-refractivity contribution in [1.29, 1.82) is 0 Å². The van der Waals surface area contributed by atoms with E-state index < -0.39 is 0 Å². The number of carbonyl (C=O) groups excluding carboxylic acids is 1. The quantitative estimate of drug-likeness (QED) is 0.622. The van der Waals surface area contributed by atoms with Crippen LogP contribution in [0.4, 0.5) is 5.13 Å². The molecular weight excluding hydrogens is 404 g/mol. The molecule has 3 aromatic rings. The molecule has 1 fully saturated rings. The number of halogens is 1. The summed E-state index contributed by atoms with van der Waals surface area (Å²) in [4.78, 5) is 15.1. The van der Waals surface area contributed by atoms with Gasteiger partial charge in [0, 0.05) is 23.0 Å². The first-order chi connectivity index (χ1) is 14.1. The van der Waals surface area contributed by atoms with E-state index in [2.05, 4.69) is 51.6 Å². The van der Waals surface area contributed by atoms with Crippen LogP contribution in [0.5, 0.6) is 0 Å². The Morgan fingerprint density at radius 1 is 1.17 bits per heavy atom. The van der Waals surface area contributed by atoms with Gasteiger partial charge in [-0.2, -0.15) is 0 Å². The number of benzene rings is 2. The van der Waals surface area contributed by atoms with E-state index in [1.165, 1.54) is 22.5 Å². The maximum absolute atomic E-state index is 12.7. The van der Waals surface area contributed by atoms with Crippen molar-refractivity contribution in [1.82, 2.24) is 15.1 Å². The average molecular weight is 427 g/mol. The Bertz CT molecular complexity index is 980. The summed E-state index contributed by atoms with van der Waals surface area (Å²) < 4.78 is 0. The number of carbonyl (C=O) groups is 1. The number of anilines is 1. The fraction of sp³-hybridized carbons (Fsp3) is 0.318. The number of hydrogen-bond donors (Lipinski definition) is 1. The molecule has 150 valence electrons. The number of hydrogen-bond acceptors (Lipinski definition) is 5. The van der Waals surface area contributed by atoms with Gasteiger partial charge in [-0.05, 0) is 50.6 Å². The number of amides is 1. The van der Waals surface area contributed by atoms with E-state index in [9.17, 15) is 4.79 Å². The Morgan fingerprint density at radius 2 is 1.93 bits per heavy atom. The first-order valence-corrected chi connectivity index (χ1v) is 10.9. The fourth-order valence-electron chi connectivity index (χ4n) is 3.61. The molecule has 0 saturated carbocycles. The van der Waals surface area contributed by atoms with Gasteiger partial charge in [-0.15, -0.1) is 10.2 Å². The second kappa shape index (κ2) is 9.03. The van der Waals surface area contributed by atoms with E-state index >= 15 is 0 Å². The smallest absolute Gasteiger partial charge is 0.229 e. The maximum atomic E-state index is 12.7. The van der Waals surface area contributed by atoms with Gasteiger partial charge in [0.05, 0.1) is 0 Å². The standard InChI is InChI=1S/C22H23ClN4OS/c1-15-3-2-4-16(13-15)14-27-11-9-17(10-12-27)20(28)24-22-26-25-21(29-22)18-5-7-19(23)8-6-18/h2-8,13,17H,9-12,14H2,1H3,(H,24,26,28). The molecule has 0 atom stereocenters. The third-order valence-electron chi connectivity index (χ3n) is 5.19. The minimum Gasteiger partial charge on any atom is -0.300 e. The van der Waals surface area contributed by atoms with Crippen LogP contribution in [0.25, 0.3) is 10.6 Å². The molecule has 1 N–H and O–H groups in total. The zero-order valence-corrected chi connectivity index (χ0v) is 17.8. The zero-order valence-electron chi connectivity index (χ0n) is 16.3. The van der Waals surface area contributed by atoms with Gasteiger partial charge in [-0.3, -0.25) is 9.69 Å². The molecule has 0 spiro atoms. The highest BCUT2D eigenvalue weighted by Crippen LogP contribution is 2.28. The van der Waals surface area contributed by atoms with Gasteiger partial charge in [-0.1, -0.05) is 64.9 Å². The van der Waals surface area contributed by atoms with Crippen LogP contribution in [-0.4, -0.2) is 34.1 Å². The lowest BCUT2D eigenvalue weighted by Crippen LogP contribution is -2.37. The molecule has 2 aromatic carbocycles. The monoisotopic (exact) mass is 426 g/mol. The second-order valence-electron chi connectivity index (χ2n) is 7.45. The Balaban J connectivity index is 1.29. The second-order valence-corrected chi connectivity index (χ2v) is 8.86. The molecule has 1 amide bonds. The summed E-state index contributed by atoms with van der Waals surface area (Å²) in [5.74, 6) is 0.0608. The van der Waals surface area contributed by atoms with Crippen molar-refractivity contribution in [2.75, 3.05) is 18.4 Å². The van der Waals surface area contributed by atoms with E-state index in [-0.39, 0.29) is 11.8 Å². The summed E-state index contributed by atoms with van der Waals surface area (Å²) in [6.45, 7) is 4.92. The Kier molecular flexibility index (Phi) is 6.23. The minimum absolute atomic E-state index is 0.0200. The predicted molar refractivity (Wildman–Crippen MR) is 118 cm³/mol. The summed E-state index contributed by atoms with van der Waals surface area (Å²) in [5, 5.41) is 13.2. The molecule has 1 aromatic heterocycles. The highest BCUT2D eigenvalue weighted by molar-refractivity contribution is 7.18. The van der Waals surface area contributed by atoms with Crippen LogP contribution in [0.3, 0.4) is 0 Å². The first-order valence-electron chi connectivity index (χ1n) is 9.75. The summed E-state index contributed by atoms with van der Waals surface area (Å²) in [6, 6.07) is 16.1. The largest absolute Gasteiger partial charge is 0.300 e. The topological polar surface area (TPSA) is 58.1 Å². The molecule has 4 rings (SSSR count). The first kappa shape index (κ1) is 20.0. The van der Waals surface area contributed by atoms with Gasteiger partial charge < -0.3 is 5.32 Å². The third kappa shape index (κ3) is 5.21. The normalized spacial score (nSPS) is 15.4. The SMILES string of the molecule is Cc1cccc(CN2CCC(C(=O)Nc3nnc(-c4ccc(Cl)cc4)s3)CC2)c1. The molecule has 0 radical (unpaired) electrons. The Labute approximate surface area is 179 Å². The number of likely N-dealkylation sites (tertiary alicyclic amines) is 1. The van der Waals surface area contributed by atoms with E-state index in [0.717, 1.165) is 43.0 Å². The van der Waals surface area contributed by atoms with Gasteiger partial charge in [-0.25, -0.2) is 0 Å². The third-order valence-corrected chi connectivity index (χ3v) is 6.33. The predicted octanol–water partition coefficient (Wildman–Crippen LogP) is 5.02. The number of aromatic nitrogens is 2. The molecule has 5 nitrogen and oxygen atoms in total. The summed E-state index contributed by atoms with van der Waals surface area (Å²) in [7, 11) is 0. The van der Waals surface area contributed by atoms with Crippen LogP contribution in [0, 0.1) is 12.8 Å². The van der Waals surface area contributed by atoms with Gasteiger partial charge in [0.1, 0.15) is 5.01 Å². The average Bonchev–Trinajstić information content (AvgIpc) is 3.17. The van der Waals surface area contributed by atoms with E-state index in [0.29, 0.717) is 10.2 Å².